The molecule has 0 unspecified atom stereocenters. The minimum absolute atomic E-state index is 0.0716. The molecule has 0 radical (unpaired) electrons. The van der Waals surface area contributed by atoms with E-state index < -0.39 is 0 Å². The Morgan fingerprint density at radius 1 is 0.957 bits per heavy atom. The summed E-state index contributed by atoms with van der Waals surface area (Å²) in [4.78, 5) is 12.3. The van der Waals surface area contributed by atoms with Crippen molar-refractivity contribution in [3.05, 3.63) is 53.1 Å². The van der Waals surface area contributed by atoms with Crippen LogP contribution < -0.4 is 14.8 Å². The van der Waals surface area contributed by atoms with Crippen LogP contribution >= 0.6 is 0 Å². The van der Waals surface area contributed by atoms with Gasteiger partial charge in [0.2, 0.25) is 0 Å². The van der Waals surface area contributed by atoms with E-state index in [0.29, 0.717) is 30.0 Å². The van der Waals surface area contributed by atoms with E-state index >= 15 is 0 Å². The minimum Gasteiger partial charge on any atom is -0.493 e. The van der Waals surface area contributed by atoms with Crippen molar-refractivity contribution in [3.63, 3.8) is 0 Å². The van der Waals surface area contributed by atoms with Gasteiger partial charge in [0, 0.05) is 24.2 Å². The average molecular weight is 313 g/mol. The third-order valence-electron chi connectivity index (χ3n) is 3.89. The summed E-state index contributed by atoms with van der Waals surface area (Å²) in [6.07, 6.45) is 0.419. The van der Waals surface area contributed by atoms with Crippen LogP contribution in [0.4, 0.5) is 5.69 Å². The van der Waals surface area contributed by atoms with Gasteiger partial charge in [-0.2, -0.15) is 0 Å². The van der Waals surface area contributed by atoms with Crippen molar-refractivity contribution in [1.29, 1.82) is 0 Å². The number of hydrogen-bond acceptors (Lipinski definition) is 4. The van der Waals surface area contributed by atoms with E-state index in [1.54, 1.807) is 32.4 Å². The van der Waals surface area contributed by atoms with E-state index in [2.05, 4.69) is 31.3 Å². The van der Waals surface area contributed by atoms with Gasteiger partial charge in [0.05, 0.1) is 14.2 Å². The Balaban J connectivity index is 1.95. The van der Waals surface area contributed by atoms with Crippen LogP contribution in [0.3, 0.4) is 0 Å². The lowest BCUT2D eigenvalue weighted by Crippen LogP contribution is -2.09. The molecule has 0 aromatic heterocycles. The zero-order valence-corrected chi connectivity index (χ0v) is 14.1. The van der Waals surface area contributed by atoms with E-state index in [1.165, 1.54) is 11.1 Å². The van der Waals surface area contributed by atoms with Gasteiger partial charge in [-0.1, -0.05) is 6.07 Å². The second-order valence-corrected chi connectivity index (χ2v) is 5.47. The van der Waals surface area contributed by atoms with Crippen molar-refractivity contribution in [3.8, 4) is 11.5 Å². The highest BCUT2D eigenvalue weighted by Gasteiger charge is 2.10. The lowest BCUT2D eigenvalue weighted by atomic mass is 10.1. The van der Waals surface area contributed by atoms with Crippen molar-refractivity contribution in [2.75, 3.05) is 26.1 Å². The summed E-state index contributed by atoms with van der Waals surface area (Å²) < 4.78 is 10.4. The highest BCUT2D eigenvalue weighted by Crippen LogP contribution is 2.28. The molecular weight excluding hydrogens is 290 g/mol. The highest BCUT2D eigenvalue weighted by molar-refractivity contribution is 5.97. The molecule has 0 saturated heterocycles. The Morgan fingerprint density at radius 3 is 2.35 bits per heavy atom. The standard InChI is InChI=1S/C19H23NO3/c1-13-5-7-16(11-14(13)2)20-10-9-17(21)15-6-8-18(22-3)19(12-15)23-4/h5-8,11-12,20H,9-10H2,1-4H3. The van der Waals surface area contributed by atoms with Crippen LogP contribution in [0, 0.1) is 13.8 Å². The number of aryl methyl sites for hydroxylation is 2. The van der Waals surface area contributed by atoms with Gasteiger partial charge in [0.25, 0.3) is 0 Å². The van der Waals surface area contributed by atoms with Crippen LogP contribution in [-0.2, 0) is 0 Å². The lowest BCUT2D eigenvalue weighted by Gasteiger charge is -2.10. The summed E-state index contributed by atoms with van der Waals surface area (Å²) in [7, 11) is 3.14. The molecule has 122 valence electrons. The minimum atomic E-state index is 0.0716. The van der Waals surface area contributed by atoms with E-state index in [4.69, 9.17) is 9.47 Å². The Kier molecular flexibility index (Phi) is 5.63. The summed E-state index contributed by atoms with van der Waals surface area (Å²) in [5, 5.41) is 3.29. The Morgan fingerprint density at radius 2 is 1.70 bits per heavy atom. The summed E-state index contributed by atoms with van der Waals surface area (Å²) >= 11 is 0. The number of carbonyl (C=O) groups is 1. The number of ether oxygens (including phenoxy) is 2. The first-order chi connectivity index (χ1) is 11.0. The maximum absolute atomic E-state index is 12.3. The monoisotopic (exact) mass is 313 g/mol. The number of methoxy groups -OCH3 is 2. The molecule has 0 saturated carbocycles. The Hall–Kier alpha value is -2.49. The van der Waals surface area contributed by atoms with Crippen molar-refractivity contribution in [1.82, 2.24) is 0 Å². The third kappa shape index (κ3) is 4.25. The molecule has 0 atom stereocenters. The zero-order chi connectivity index (χ0) is 16.8. The molecule has 0 heterocycles. The Labute approximate surface area is 137 Å². The zero-order valence-electron chi connectivity index (χ0n) is 14.1. The van der Waals surface area contributed by atoms with Crippen LogP contribution in [0.5, 0.6) is 11.5 Å². The first kappa shape index (κ1) is 16.9. The number of hydrogen-bond donors (Lipinski definition) is 1. The molecule has 0 aliphatic heterocycles. The fourth-order valence-electron chi connectivity index (χ4n) is 2.33. The predicted octanol–water partition coefficient (Wildman–Crippen LogP) is 4.01. The Bertz CT molecular complexity index is 695. The van der Waals surface area contributed by atoms with Gasteiger partial charge in [-0.25, -0.2) is 0 Å². The number of ketones is 1. The third-order valence-corrected chi connectivity index (χ3v) is 3.89. The molecule has 0 aliphatic rings. The molecule has 1 N–H and O–H groups in total. The van der Waals surface area contributed by atoms with Gasteiger partial charge < -0.3 is 14.8 Å². The first-order valence-electron chi connectivity index (χ1n) is 7.61. The molecule has 4 nitrogen and oxygen atoms in total. The van der Waals surface area contributed by atoms with Crippen LogP contribution in [0.2, 0.25) is 0 Å². The summed E-state index contributed by atoms with van der Waals surface area (Å²) in [6.45, 7) is 4.75. The number of benzene rings is 2. The highest BCUT2D eigenvalue weighted by atomic mass is 16.5. The van der Waals surface area contributed by atoms with Crippen LogP contribution in [0.25, 0.3) is 0 Å². The van der Waals surface area contributed by atoms with Gasteiger partial charge in [-0.05, 0) is 55.3 Å². The normalized spacial score (nSPS) is 10.3. The second kappa shape index (κ2) is 7.68. The smallest absolute Gasteiger partial charge is 0.164 e. The van der Waals surface area contributed by atoms with Gasteiger partial charge in [0.1, 0.15) is 0 Å². The van der Waals surface area contributed by atoms with Gasteiger partial charge >= 0.3 is 0 Å². The molecule has 2 rings (SSSR count). The topological polar surface area (TPSA) is 47.6 Å². The van der Waals surface area contributed by atoms with Gasteiger partial charge in [-0.3, -0.25) is 4.79 Å². The second-order valence-electron chi connectivity index (χ2n) is 5.47. The van der Waals surface area contributed by atoms with Crippen molar-refractivity contribution in [2.45, 2.75) is 20.3 Å². The molecule has 23 heavy (non-hydrogen) atoms. The first-order valence-corrected chi connectivity index (χ1v) is 7.61. The fraction of sp³-hybridized carbons (Fsp3) is 0.316. The van der Waals surface area contributed by atoms with Crippen LogP contribution in [0.15, 0.2) is 36.4 Å². The fourth-order valence-corrected chi connectivity index (χ4v) is 2.33. The quantitative estimate of drug-likeness (QED) is 0.785. The predicted molar refractivity (Wildman–Crippen MR) is 92.9 cm³/mol. The average Bonchev–Trinajstić information content (AvgIpc) is 2.57. The van der Waals surface area contributed by atoms with E-state index in [0.717, 1.165) is 5.69 Å². The molecule has 2 aromatic rings. The molecule has 0 aliphatic carbocycles. The number of nitrogens with one attached hydrogen (secondary N) is 1. The summed E-state index contributed by atoms with van der Waals surface area (Å²) in [5.74, 6) is 1.26. The maximum Gasteiger partial charge on any atom is 0.164 e. The number of carbonyl (C=O) groups excluding carboxylic acids is 1. The lowest BCUT2D eigenvalue weighted by molar-refractivity contribution is 0.0986. The number of Topliss-reactive ketones (excluding diaryl/α,β-unsaturated/α-hetero) is 1. The van der Waals surface area contributed by atoms with Gasteiger partial charge in [0.15, 0.2) is 17.3 Å². The molecular formula is C19H23NO3. The molecule has 0 amide bonds. The molecule has 0 bridgehead atoms. The van der Waals surface area contributed by atoms with Crippen molar-refractivity contribution in [2.24, 2.45) is 0 Å². The number of anilines is 1. The largest absolute Gasteiger partial charge is 0.493 e. The van der Waals surface area contributed by atoms with Crippen LogP contribution in [0.1, 0.15) is 27.9 Å². The van der Waals surface area contributed by atoms with E-state index in [1.807, 2.05) is 6.07 Å². The van der Waals surface area contributed by atoms with E-state index in [9.17, 15) is 4.79 Å². The molecule has 0 spiro atoms. The molecule has 2 aromatic carbocycles. The SMILES string of the molecule is COc1ccc(C(=O)CCNc2ccc(C)c(C)c2)cc1OC. The molecule has 0 fully saturated rings. The summed E-state index contributed by atoms with van der Waals surface area (Å²) in [5.41, 5.74) is 4.16. The molecule has 4 heteroatoms. The van der Waals surface area contributed by atoms with Crippen molar-refractivity contribution < 1.29 is 14.3 Å². The maximum atomic E-state index is 12.3. The summed E-state index contributed by atoms with van der Waals surface area (Å²) in [6, 6.07) is 11.4. The van der Waals surface area contributed by atoms with Crippen molar-refractivity contribution >= 4 is 11.5 Å². The van der Waals surface area contributed by atoms with E-state index in [-0.39, 0.29) is 5.78 Å². The number of rotatable bonds is 7. The van der Waals surface area contributed by atoms with Gasteiger partial charge in [-0.15, -0.1) is 0 Å². The van der Waals surface area contributed by atoms with Crippen LogP contribution in [-0.4, -0.2) is 26.5 Å².